The minimum absolute atomic E-state index is 0.00930. The van der Waals surface area contributed by atoms with E-state index in [1.54, 1.807) is 30.3 Å². The highest BCUT2D eigenvalue weighted by atomic mass is 19.4. The fraction of sp³-hybridized carbons (Fsp3) is 0.0690. The largest absolute Gasteiger partial charge is 0.573 e. The maximum atomic E-state index is 12.7. The Morgan fingerprint density at radius 2 is 1.00 bits per heavy atom. The molecular weight excluding hydrogens is 620 g/mol. The predicted octanol–water partition coefficient (Wildman–Crippen LogP) is 3.63. The number of hydrogen-bond acceptors (Lipinski definition) is 11. The quantitative estimate of drug-likeness (QED) is 0.241. The number of aromatic nitrogens is 3. The molecule has 4 aromatic rings. The molecule has 11 nitrogen and oxygen atoms in total. The highest BCUT2D eigenvalue weighted by Gasteiger charge is 2.32. The van der Waals surface area contributed by atoms with Crippen molar-refractivity contribution < 1.29 is 35.8 Å². The van der Waals surface area contributed by atoms with E-state index in [2.05, 4.69) is 44.4 Å². The summed E-state index contributed by atoms with van der Waals surface area (Å²) in [6, 6.07) is 18.7. The van der Waals surface area contributed by atoms with E-state index >= 15 is 0 Å². The Hall–Kier alpha value is -6.49. The van der Waals surface area contributed by atoms with Crippen LogP contribution in [0.2, 0.25) is 0 Å². The second-order valence-electron chi connectivity index (χ2n) is 9.14. The molecule has 1 aromatic heterocycles. The van der Waals surface area contributed by atoms with Crippen molar-refractivity contribution in [1.29, 1.82) is 10.5 Å². The van der Waals surface area contributed by atoms with Crippen LogP contribution in [0, 0.1) is 22.7 Å². The van der Waals surface area contributed by atoms with Gasteiger partial charge in [0, 0.05) is 17.7 Å². The van der Waals surface area contributed by atoms with Gasteiger partial charge in [-0.15, -0.1) is 26.3 Å². The predicted molar refractivity (Wildman–Crippen MR) is 141 cm³/mol. The van der Waals surface area contributed by atoms with Crippen LogP contribution in [0.1, 0.15) is 11.6 Å². The van der Waals surface area contributed by atoms with Gasteiger partial charge in [0.15, 0.2) is 29.1 Å². The first-order chi connectivity index (χ1) is 21.9. The van der Waals surface area contributed by atoms with Gasteiger partial charge in [0.25, 0.3) is 0 Å². The van der Waals surface area contributed by atoms with E-state index in [9.17, 15) is 36.9 Å². The summed E-state index contributed by atoms with van der Waals surface area (Å²) in [5, 5.41) is 20.5. The highest BCUT2D eigenvalue weighted by Crippen LogP contribution is 2.27. The standard InChI is InChI=1S/C29H11F6N9O2/c30-28(31,32)45-15-6-8-19-21(10-15)40-24(38-19)17(12-36)26-42-23(14-4-2-1-3-5-14)43-27(44-26)18(13-37)25-39-20-9-7-16(11-22(20)41-25)46-29(33,34)35/h1-11H/b24-17-,25-18-. The number of alkyl halides is 6. The second kappa shape index (κ2) is 11.2. The van der Waals surface area contributed by atoms with Crippen LogP contribution in [-0.4, -0.2) is 27.7 Å². The van der Waals surface area contributed by atoms with Crippen molar-refractivity contribution in [2.45, 2.75) is 12.7 Å². The molecule has 0 saturated carbocycles. The summed E-state index contributed by atoms with van der Waals surface area (Å²) in [5.74, 6) is -2.14. The molecule has 0 radical (unpaired) electrons. The van der Waals surface area contributed by atoms with E-state index in [1.165, 1.54) is 12.1 Å². The van der Waals surface area contributed by atoms with Crippen molar-refractivity contribution in [3.8, 4) is 35.0 Å². The van der Waals surface area contributed by atoms with Crippen LogP contribution in [-0.2, 0) is 0 Å². The number of hydrogen-bond donors (Lipinski definition) is 0. The van der Waals surface area contributed by atoms with Crippen molar-refractivity contribution in [2.75, 3.05) is 0 Å². The average Bonchev–Trinajstić information content (AvgIpc) is 3.60. The summed E-state index contributed by atoms with van der Waals surface area (Å²) in [7, 11) is 0. The lowest BCUT2D eigenvalue weighted by Gasteiger charge is -2.07. The molecule has 0 bridgehead atoms. The van der Waals surface area contributed by atoms with Gasteiger partial charge < -0.3 is 9.47 Å². The molecule has 0 atom stereocenters. The Balaban J connectivity index is 1.50. The third-order valence-corrected chi connectivity index (χ3v) is 6.05. The molecule has 0 saturated heterocycles. The summed E-state index contributed by atoms with van der Waals surface area (Å²) in [4.78, 5) is 29.8. The van der Waals surface area contributed by atoms with Gasteiger partial charge in [-0.3, -0.25) is 0 Å². The number of nitriles is 2. The fourth-order valence-corrected chi connectivity index (χ4v) is 4.21. The molecule has 2 aliphatic heterocycles. The van der Waals surface area contributed by atoms with Gasteiger partial charge in [-0.2, -0.15) is 10.5 Å². The number of fused-ring (bicyclic) bond motifs is 2. The lowest BCUT2D eigenvalue weighted by atomic mass is 10.2. The van der Waals surface area contributed by atoms with Crippen LogP contribution in [0.3, 0.4) is 0 Å². The van der Waals surface area contributed by atoms with Gasteiger partial charge in [-0.05, 0) is 24.3 Å². The lowest BCUT2D eigenvalue weighted by Crippen LogP contribution is -2.23. The van der Waals surface area contributed by atoms with Gasteiger partial charge in [0.1, 0.15) is 34.8 Å². The Kier molecular flexibility index (Phi) is 7.21. The van der Waals surface area contributed by atoms with Gasteiger partial charge in [-0.25, -0.2) is 34.9 Å². The van der Waals surface area contributed by atoms with Crippen LogP contribution >= 0.6 is 0 Å². The van der Waals surface area contributed by atoms with E-state index in [4.69, 9.17) is 0 Å². The molecule has 0 fully saturated rings. The molecule has 3 heterocycles. The number of benzene rings is 3. The first kappa shape index (κ1) is 29.6. The van der Waals surface area contributed by atoms with Crippen LogP contribution in [0.25, 0.3) is 22.5 Å². The smallest absolute Gasteiger partial charge is 0.406 e. The van der Waals surface area contributed by atoms with Crippen molar-refractivity contribution >= 4 is 11.1 Å². The zero-order valence-corrected chi connectivity index (χ0v) is 22.5. The first-order valence-corrected chi connectivity index (χ1v) is 12.7. The highest BCUT2D eigenvalue weighted by molar-refractivity contribution is 5.80. The Morgan fingerprint density at radius 3 is 1.41 bits per heavy atom. The normalized spacial score (nSPS) is 15.5. The van der Waals surface area contributed by atoms with Crippen molar-refractivity contribution in [3.05, 3.63) is 111 Å². The topological polar surface area (TPSA) is 154 Å². The van der Waals surface area contributed by atoms with E-state index < -0.39 is 24.2 Å². The molecule has 0 amide bonds. The number of ether oxygens (including phenoxy) is 2. The van der Waals surface area contributed by atoms with Crippen molar-refractivity contribution in [2.24, 2.45) is 20.0 Å². The maximum Gasteiger partial charge on any atom is 0.573 e. The van der Waals surface area contributed by atoms with Crippen molar-refractivity contribution in [3.63, 3.8) is 0 Å². The second-order valence-corrected chi connectivity index (χ2v) is 9.14. The number of halogens is 6. The van der Waals surface area contributed by atoms with Crippen molar-refractivity contribution in [1.82, 2.24) is 15.0 Å². The molecular formula is C29H11F6N9O2. The van der Waals surface area contributed by atoms with E-state index in [0.717, 1.165) is 24.3 Å². The van der Waals surface area contributed by atoms with E-state index in [-0.39, 0.29) is 61.7 Å². The molecule has 0 unspecified atom stereocenters. The minimum Gasteiger partial charge on any atom is -0.406 e. The summed E-state index contributed by atoms with van der Waals surface area (Å²) >= 11 is 0. The Morgan fingerprint density at radius 1 is 0.565 bits per heavy atom. The summed E-state index contributed by atoms with van der Waals surface area (Å²) in [6.07, 6.45) is -9.89. The van der Waals surface area contributed by atoms with Crippen LogP contribution < -0.4 is 30.9 Å². The summed E-state index contributed by atoms with van der Waals surface area (Å²) < 4.78 is 84.1. The SMILES string of the molecule is N#C/C(=C1\N=c2ccc(OC(F)(F)F)cc2=N1)c1nc(/C(C#N)=C2/N=c3ccc(OC(F)(F)F)cc3=N2)nc(-c2ccccc2)n1. The van der Waals surface area contributed by atoms with Crippen LogP contribution in [0.4, 0.5) is 26.3 Å². The monoisotopic (exact) mass is 631 g/mol. The average molecular weight is 631 g/mol. The number of rotatable bonds is 5. The summed E-state index contributed by atoms with van der Waals surface area (Å²) in [5.41, 5.74) is -0.169. The van der Waals surface area contributed by atoms with Gasteiger partial charge >= 0.3 is 12.7 Å². The van der Waals surface area contributed by atoms with Gasteiger partial charge in [-0.1, -0.05) is 30.3 Å². The lowest BCUT2D eigenvalue weighted by molar-refractivity contribution is -0.275. The van der Waals surface area contributed by atoms with Gasteiger partial charge in [0.2, 0.25) is 0 Å². The number of nitrogens with zero attached hydrogens (tertiary/aromatic N) is 9. The number of allylic oxidation sites excluding steroid dienone is 2. The molecule has 3 aromatic carbocycles. The minimum atomic E-state index is -4.94. The Labute approximate surface area is 251 Å². The molecule has 17 heteroatoms. The Bertz CT molecular complexity index is 2180. The summed E-state index contributed by atoms with van der Waals surface area (Å²) in [6.45, 7) is 0. The maximum absolute atomic E-state index is 12.7. The third-order valence-electron chi connectivity index (χ3n) is 6.05. The molecule has 0 N–H and O–H groups in total. The third kappa shape index (κ3) is 6.24. The first-order valence-electron chi connectivity index (χ1n) is 12.7. The molecule has 2 aliphatic rings. The zero-order chi connectivity index (χ0) is 32.6. The van der Waals surface area contributed by atoms with Gasteiger partial charge in [0.05, 0.1) is 21.4 Å². The molecule has 226 valence electrons. The van der Waals surface area contributed by atoms with E-state index in [0.29, 0.717) is 5.56 Å². The van der Waals surface area contributed by atoms with Crippen LogP contribution in [0.5, 0.6) is 11.5 Å². The fourth-order valence-electron chi connectivity index (χ4n) is 4.21. The molecule has 0 spiro atoms. The molecule has 46 heavy (non-hydrogen) atoms. The van der Waals surface area contributed by atoms with Crippen LogP contribution in [0.15, 0.2) is 98.3 Å². The molecule has 0 aliphatic carbocycles. The van der Waals surface area contributed by atoms with E-state index in [1.807, 2.05) is 12.1 Å². The zero-order valence-electron chi connectivity index (χ0n) is 22.5. The molecule has 6 rings (SSSR count).